The van der Waals surface area contributed by atoms with Gasteiger partial charge in [-0.15, -0.1) is 0 Å². The normalized spacial score (nSPS) is 10.8. The van der Waals surface area contributed by atoms with E-state index in [0.29, 0.717) is 16.7 Å². The van der Waals surface area contributed by atoms with Crippen molar-refractivity contribution in [2.24, 2.45) is 0 Å². The third-order valence-electron chi connectivity index (χ3n) is 3.22. The van der Waals surface area contributed by atoms with E-state index in [0.717, 1.165) is 11.1 Å². The molecule has 2 aromatic carbocycles. The largest absolute Gasteiger partial charge is 0.456 e. The molecule has 94 valence electrons. The molecule has 0 aliphatic carbocycles. The van der Waals surface area contributed by atoms with Crippen molar-refractivity contribution >= 4 is 11.0 Å². The second-order valence-electron chi connectivity index (χ2n) is 4.84. The molecule has 1 heterocycles. The Morgan fingerprint density at radius 1 is 0.842 bits per heavy atom. The Hall–Kier alpha value is -2.35. The van der Waals surface area contributed by atoms with Crippen LogP contribution < -0.4 is 5.43 Å². The molecule has 0 atom stereocenters. The lowest BCUT2D eigenvalue weighted by Crippen LogP contribution is -2.00. The van der Waals surface area contributed by atoms with Crippen molar-refractivity contribution in [3.63, 3.8) is 0 Å². The number of benzene rings is 2. The highest BCUT2D eigenvalue weighted by molar-refractivity contribution is 5.79. The molecule has 0 unspecified atom stereocenters. The number of aryl methyl sites for hydroxylation is 2. The summed E-state index contributed by atoms with van der Waals surface area (Å²) in [6.07, 6.45) is 0. The molecule has 0 saturated heterocycles. The minimum atomic E-state index is -0.00294. The van der Waals surface area contributed by atoms with Gasteiger partial charge < -0.3 is 4.42 Å². The van der Waals surface area contributed by atoms with E-state index in [1.807, 2.05) is 56.3 Å². The predicted molar refractivity (Wildman–Crippen MR) is 77.4 cm³/mol. The fourth-order valence-corrected chi connectivity index (χ4v) is 2.12. The average molecular weight is 250 g/mol. The minimum Gasteiger partial charge on any atom is -0.456 e. The summed E-state index contributed by atoms with van der Waals surface area (Å²) in [7, 11) is 0. The third-order valence-corrected chi connectivity index (χ3v) is 3.22. The summed E-state index contributed by atoms with van der Waals surface area (Å²) in [4.78, 5) is 12.1. The van der Waals surface area contributed by atoms with Crippen LogP contribution in [0.4, 0.5) is 0 Å². The molecule has 3 rings (SSSR count). The lowest BCUT2D eigenvalue weighted by atomic mass is 10.1. The summed E-state index contributed by atoms with van der Waals surface area (Å²) in [5, 5.41) is 0.626. The van der Waals surface area contributed by atoms with Crippen LogP contribution in [-0.4, -0.2) is 0 Å². The van der Waals surface area contributed by atoms with Gasteiger partial charge >= 0.3 is 0 Å². The first kappa shape index (κ1) is 11.7. The topological polar surface area (TPSA) is 30.2 Å². The molecule has 19 heavy (non-hydrogen) atoms. The van der Waals surface area contributed by atoms with E-state index in [2.05, 4.69) is 0 Å². The van der Waals surface area contributed by atoms with E-state index in [-0.39, 0.29) is 5.43 Å². The SMILES string of the molecule is Cc1ccc(-c2cc(=O)c3ccc(C)cc3o2)cc1. The lowest BCUT2D eigenvalue weighted by Gasteiger charge is -2.04. The smallest absolute Gasteiger partial charge is 0.193 e. The van der Waals surface area contributed by atoms with Gasteiger partial charge in [-0.3, -0.25) is 4.79 Å². The maximum Gasteiger partial charge on any atom is 0.193 e. The molecule has 0 aliphatic rings. The van der Waals surface area contributed by atoms with Crippen LogP contribution in [0.5, 0.6) is 0 Å². The average Bonchev–Trinajstić information content (AvgIpc) is 2.38. The predicted octanol–water partition coefficient (Wildman–Crippen LogP) is 4.08. The summed E-state index contributed by atoms with van der Waals surface area (Å²) < 4.78 is 5.85. The van der Waals surface area contributed by atoms with Crippen LogP contribution in [0.3, 0.4) is 0 Å². The molecule has 0 bridgehead atoms. The highest BCUT2D eigenvalue weighted by atomic mass is 16.3. The molecule has 0 N–H and O–H groups in total. The van der Waals surface area contributed by atoms with Crippen LogP contribution in [-0.2, 0) is 0 Å². The van der Waals surface area contributed by atoms with Crippen LogP contribution in [0.15, 0.2) is 57.7 Å². The van der Waals surface area contributed by atoms with E-state index in [4.69, 9.17) is 4.42 Å². The molecule has 0 aliphatic heterocycles. The maximum absolute atomic E-state index is 12.1. The Labute approximate surface area is 111 Å². The molecule has 2 heteroatoms. The van der Waals surface area contributed by atoms with E-state index < -0.39 is 0 Å². The molecule has 1 aromatic heterocycles. The first-order valence-electron chi connectivity index (χ1n) is 6.25. The van der Waals surface area contributed by atoms with Crippen LogP contribution in [0.2, 0.25) is 0 Å². The fraction of sp³-hybridized carbons (Fsp3) is 0.118. The molecule has 0 fully saturated rings. The van der Waals surface area contributed by atoms with Crippen LogP contribution in [0.25, 0.3) is 22.3 Å². The first-order valence-corrected chi connectivity index (χ1v) is 6.25. The van der Waals surface area contributed by atoms with Gasteiger partial charge in [-0.2, -0.15) is 0 Å². The Kier molecular flexibility index (Phi) is 2.71. The van der Waals surface area contributed by atoms with Crippen molar-refractivity contribution < 1.29 is 4.42 Å². The van der Waals surface area contributed by atoms with Crippen LogP contribution >= 0.6 is 0 Å². The summed E-state index contributed by atoms with van der Waals surface area (Å²) in [5.41, 5.74) is 3.82. The first-order chi connectivity index (χ1) is 9.13. The standard InChI is InChI=1S/C17H14O2/c1-11-3-6-13(7-4-11)16-10-15(18)14-8-5-12(2)9-17(14)19-16/h3-10H,1-2H3. The molecule has 0 amide bonds. The quantitative estimate of drug-likeness (QED) is 0.651. The van der Waals surface area contributed by atoms with Gasteiger partial charge in [0.25, 0.3) is 0 Å². The van der Waals surface area contributed by atoms with Gasteiger partial charge in [0, 0.05) is 11.6 Å². The van der Waals surface area contributed by atoms with Crippen molar-refractivity contribution in [1.29, 1.82) is 0 Å². The zero-order chi connectivity index (χ0) is 13.4. The van der Waals surface area contributed by atoms with E-state index >= 15 is 0 Å². The third kappa shape index (κ3) is 2.17. The monoisotopic (exact) mass is 250 g/mol. The van der Waals surface area contributed by atoms with Crippen molar-refractivity contribution in [2.75, 3.05) is 0 Å². The van der Waals surface area contributed by atoms with Crippen molar-refractivity contribution in [3.8, 4) is 11.3 Å². The van der Waals surface area contributed by atoms with Gasteiger partial charge in [-0.1, -0.05) is 35.9 Å². The van der Waals surface area contributed by atoms with Crippen molar-refractivity contribution in [2.45, 2.75) is 13.8 Å². The van der Waals surface area contributed by atoms with Gasteiger partial charge in [-0.25, -0.2) is 0 Å². The van der Waals surface area contributed by atoms with E-state index in [9.17, 15) is 4.79 Å². The van der Waals surface area contributed by atoms with Crippen LogP contribution in [0.1, 0.15) is 11.1 Å². The summed E-state index contributed by atoms with van der Waals surface area (Å²) in [5.74, 6) is 0.614. The Morgan fingerprint density at radius 2 is 1.53 bits per heavy atom. The van der Waals surface area contributed by atoms with Gasteiger partial charge in [0.05, 0.1) is 5.39 Å². The maximum atomic E-state index is 12.1. The molecule has 0 saturated carbocycles. The van der Waals surface area contributed by atoms with Crippen molar-refractivity contribution in [1.82, 2.24) is 0 Å². The molecule has 2 nitrogen and oxygen atoms in total. The number of fused-ring (bicyclic) bond motifs is 1. The molecule has 0 spiro atoms. The lowest BCUT2D eigenvalue weighted by molar-refractivity contribution is 0.618. The number of hydrogen-bond donors (Lipinski definition) is 0. The molecule has 0 radical (unpaired) electrons. The number of rotatable bonds is 1. The highest BCUT2D eigenvalue weighted by Gasteiger charge is 2.06. The van der Waals surface area contributed by atoms with Gasteiger partial charge in [0.2, 0.25) is 0 Å². The number of hydrogen-bond acceptors (Lipinski definition) is 2. The molecular weight excluding hydrogens is 236 g/mol. The Morgan fingerprint density at radius 3 is 2.26 bits per heavy atom. The van der Waals surface area contributed by atoms with Gasteiger partial charge in [0.1, 0.15) is 11.3 Å². The summed E-state index contributed by atoms with van der Waals surface area (Å²) in [6.45, 7) is 4.02. The zero-order valence-corrected chi connectivity index (χ0v) is 10.9. The highest BCUT2D eigenvalue weighted by Crippen LogP contribution is 2.22. The second kappa shape index (κ2) is 4.39. The van der Waals surface area contributed by atoms with Crippen molar-refractivity contribution in [3.05, 3.63) is 69.9 Å². The van der Waals surface area contributed by atoms with E-state index in [1.54, 1.807) is 6.07 Å². The Balaban J connectivity index is 2.25. The van der Waals surface area contributed by atoms with Gasteiger partial charge in [0.15, 0.2) is 5.43 Å². The van der Waals surface area contributed by atoms with Crippen LogP contribution in [0, 0.1) is 13.8 Å². The minimum absolute atomic E-state index is 0.00294. The fourth-order valence-electron chi connectivity index (χ4n) is 2.12. The van der Waals surface area contributed by atoms with Gasteiger partial charge in [-0.05, 0) is 31.5 Å². The van der Waals surface area contributed by atoms with E-state index in [1.165, 1.54) is 5.56 Å². The Bertz CT molecular complexity index is 796. The summed E-state index contributed by atoms with van der Waals surface area (Å²) >= 11 is 0. The zero-order valence-electron chi connectivity index (χ0n) is 10.9. The molecular formula is C17H14O2. The summed E-state index contributed by atoms with van der Waals surface area (Å²) in [6, 6.07) is 15.1. The second-order valence-corrected chi connectivity index (χ2v) is 4.84. The molecule has 3 aromatic rings.